The van der Waals surface area contributed by atoms with E-state index in [0.29, 0.717) is 13.0 Å². The molecule has 0 aliphatic rings. The van der Waals surface area contributed by atoms with E-state index >= 15 is 0 Å². The fourth-order valence-electron chi connectivity index (χ4n) is 2.97. The van der Waals surface area contributed by atoms with Gasteiger partial charge in [-0.25, -0.2) is 0 Å². The van der Waals surface area contributed by atoms with Crippen molar-refractivity contribution in [2.24, 2.45) is 0 Å². The normalized spacial score (nSPS) is 15.0. The minimum absolute atomic E-state index is 0.325. The van der Waals surface area contributed by atoms with E-state index in [0.717, 1.165) is 12.0 Å². The summed E-state index contributed by atoms with van der Waals surface area (Å²) < 4.78 is 11.6. The largest absolute Gasteiger partial charge is 0.394 e. The molecule has 0 aliphatic heterocycles. The lowest BCUT2D eigenvalue weighted by Crippen LogP contribution is -2.44. The number of rotatable bonds is 14. The van der Waals surface area contributed by atoms with E-state index < -0.39 is 13.3 Å². The maximum absolute atomic E-state index is 11.6. The van der Waals surface area contributed by atoms with Gasteiger partial charge in [0.05, 0.1) is 6.61 Å². The fraction of sp³-hybridized carbons (Fsp3) is 0.700. The zero-order valence-corrected chi connectivity index (χ0v) is 16.9. The molecule has 1 rings (SSSR count). The first-order chi connectivity index (χ1) is 12.1. The molecule has 5 heteroatoms. The van der Waals surface area contributed by atoms with Gasteiger partial charge >= 0.3 is 0 Å². The Hall–Kier alpha value is -0.670. The fourth-order valence-corrected chi connectivity index (χ4v) is 3.65. The average molecular weight is 369 g/mol. The van der Waals surface area contributed by atoms with Gasteiger partial charge in [-0.15, -0.1) is 0 Å². The lowest BCUT2D eigenvalue weighted by molar-refractivity contribution is 0.203. The number of aliphatic hydroxyl groups excluding tert-OH is 1. The molecule has 3 N–H and O–H groups in total. The summed E-state index contributed by atoms with van der Waals surface area (Å²) >= 11 is 0. The van der Waals surface area contributed by atoms with Gasteiger partial charge in [0.2, 0.25) is 8.03 Å². The Labute approximate surface area is 153 Å². The predicted molar refractivity (Wildman–Crippen MR) is 106 cm³/mol. The van der Waals surface area contributed by atoms with Crippen molar-refractivity contribution in [2.75, 3.05) is 6.61 Å². The summed E-state index contributed by atoms with van der Waals surface area (Å²) in [7, 11) is -2.85. The summed E-state index contributed by atoms with van der Waals surface area (Å²) in [5.41, 5.74) is 2.41. The molecule has 0 radical (unpaired) electrons. The molecule has 1 aromatic rings. The van der Waals surface area contributed by atoms with Crippen LogP contribution in [0, 0.1) is 0 Å². The smallest absolute Gasteiger partial charge is 0.210 e. The van der Waals surface area contributed by atoms with Crippen LogP contribution in [0.3, 0.4) is 0 Å². The lowest BCUT2D eigenvalue weighted by atomic mass is 10.0. The van der Waals surface area contributed by atoms with Crippen LogP contribution in [0.1, 0.15) is 76.3 Å². The molecule has 0 aliphatic carbocycles. The molecule has 0 aromatic heterocycles. The minimum Gasteiger partial charge on any atom is -0.394 e. The second kappa shape index (κ2) is 12.6. The van der Waals surface area contributed by atoms with E-state index in [1.165, 1.54) is 50.5 Å². The Kier molecular flexibility index (Phi) is 11.3. The van der Waals surface area contributed by atoms with Gasteiger partial charge in [-0.2, -0.15) is 0 Å². The monoisotopic (exact) mass is 369 g/mol. The second-order valence-corrected chi connectivity index (χ2v) is 8.51. The van der Waals surface area contributed by atoms with Crippen molar-refractivity contribution in [3.63, 3.8) is 0 Å². The first kappa shape index (κ1) is 22.4. The Morgan fingerprint density at radius 3 is 2.04 bits per heavy atom. The van der Waals surface area contributed by atoms with E-state index in [1.807, 2.05) is 6.92 Å². The van der Waals surface area contributed by atoms with Gasteiger partial charge in [0, 0.05) is 6.54 Å². The van der Waals surface area contributed by atoms with Gasteiger partial charge in [0.15, 0.2) is 0 Å². The molecule has 0 amide bonds. The molecular weight excluding hydrogens is 333 g/mol. The van der Waals surface area contributed by atoms with Gasteiger partial charge in [0.25, 0.3) is 0 Å². The highest BCUT2D eigenvalue weighted by atomic mass is 31.1. The summed E-state index contributed by atoms with van der Waals surface area (Å²) in [4.78, 5) is 9.50. The topological polar surface area (TPSA) is 69.6 Å². The molecule has 0 heterocycles. The van der Waals surface area contributed by atoms with Gasteiger partial charge < -0.3 is 10.00 Å². The van der Waals surface area contributed by atoms with Crippen LogP contribution < -0.4 is 5.32 Å². The van der Waals surface area contributed by atoms with Gasteiger partial charge in [-0.1, -0.05) is 76.6 Å². The molecule has 1 aromatic carbocycles. The van der Waals surface area contributed by atoms with Crippen molar-refractivity contribution in [1.29, 1.82) is 0 Å². The summed E-state index contributed by atoms with van der Waals surface area (Å²) in [5.74, 6) is 0. The highest BCUT2D eigenvalue weighted by molar-refractivity contribution is 7.40. The number of nitrogens with one attached hydrogen (secondary N) is 1. The van der Waals surface area contributed by atoms with Gasteiger partial charge in [-0.3, -0.25) is 9.88 Å². The molecule has 0 spiro atoms. The van der Waals surface area contributed by atoms with Crippen molar-refractivity contribution in [1.82, 2.24) is 5.32 Å². The molecule has 144 valence electrons. The number of hydrogen-bond donors (Lipinski definition) is 3. The average Bonchev–Trinajstić information content (AvgIpc) is 2.63. The first-order valence-corrected chi connectivity index (χ1v) is 11.1. The van der Waals surface area contributed by atoms with Crippen LogP contribution in [-0.4, -0.2) is 21.9 Å². The first-order valence-electron chi connectivity index (χ1n) is 9.75. The Bertz CT molecular complexity index is 486. The standard InChI is InChI=1S/C20H36NO3P/c1-3-5-6-7-8-9-10-11-18-12-14-19(15-13-18)16-21-20(4-2,17-22)25(23)24/h12-15,21-22,25H,3-11,16-17H2,1-2H3,(H,23,24). The number of aliphatic hydroxyl groups is 1. The van der Waals surface area contributed by atoms with Crippen LogP contribution in [0.25, 0.3) is 0 Å². The minimum atomic E-state index is -2.85. The zero-order valence-electron chi connectivity index (χ0n) is 15.9. The molecule has 4 nitrogen and oxygen atoms in total. The van der Waals surface area contributed by atoms with E-state index in [9.17, 15) is 14.6 Å². The molecule has 25 heavy (non-hydrogen) atoms. The number of benzene rings is 1. The molecule has 2 atom stereocenters. The molecule has 2 unspecified atom stereocenters. The van der Waals surface area contributed by atoms with Crippen LogP contribution in [0.2, 0.25) is 0 Å². The van der Waals surface area contributed by atoms with Gasteiger partial charge in [-0.05, 0) is 30.4 Å². The Morgan fingerprint density at radius 2 is 1.52 bits per heavy atom. The number of aryl methyl sites for hydroxylation is 1. The van der Waals surface area contributed by atoms with Crippen molar-refractivity contribution < 1.29 is 14.6 Å². The Balaban J connectivity index is 2.35. The summed E-state index contributed by atoms with van der Waals surface area (Å²) in [6.07, 6.45) is 10.8. The third kappa shape index (κ3) is 8.04. The second-order valence-electron chi connectivity index (χ2n) is 6.94. The quantitative estimate of drug-likeness (QED) is 0.330. The molecule has 0 fully saturated rings. The summed E-state index contributed by atoms with van der Waals surface area (Å²) in [5, 5.41) is 11.5. The molecule has 0 saturated carbocycles. The van der Waals surface area contributed by atoms with E-state index in [4.69, 9.17) is 0 Å². The lowest BCUT2D eigenvalue weighted by Gasteiger charge is -2.29. The maximum Gasteiger partial charge on any atom is 0.210 e. The van der Waals surface area contributed by atoms with Crippen LogP contribution in [0.5, 0.6) is 0 Å². The third-order valence-corrected chi connectivity index (χ3v) is 6.51. The number of unbranched alkanes of at least 4 members (excludes halogenated alkanes) is 6. The highest BCUT2D eigenvalue weighted by Crippen LogP contribution is 2.35. The van der Waals surface area contributed by atoms with Gasteiger partial charge in [0.1, 0.15) is 5.28 Å². The van der Waals surface area contributed by atoms with E-state index in [1.54, 1.807) is 0 Å². The predicted octanol–water partition coefficient (Wildman–Crippen LogP) is 4.63. The summed E-state index contributed by atoms with van der Waals surface area (Å²) in [6.45, 7) is 4.22. The van der Waals surface area contributed by atoms with E-state index in [-0.39, 0.29) is 6.61 Å². The highest BCUT2D eigenvalue weighted by Gasteiger charge is 2.32. The van der Waals surface area contributed by atoms with Crippen molar-refractivity contribution >= 4 is 8.03 Å². The Morgan fingerprint density at radius 1 is 0.960 bits per heavy atom. The van der Waals surface area contributed by atoms with Crippen LogP contribution in [0.4, 0.5) is 0 Å². The summed E-state index contributed by atoms with van der Waals surface area (Å²) in [6, 6.07) is 8.41. The molecule has 0 saturated heterocycles. The van der Waals surface area contributed by atoms with Crippen molar-refractivity contribution in [2.45, 2.75) is 83.5 Å². The SMILES string of the molecule is CCCCCCCCCc1ccc(CNC(CC)(CO)[PH](=O)O)cc1. The molecular formula is C20H36NO3P. The van der Waals surface area contributed by atoms with Crippen LogP contribution in [0.15, 0.2) is 24.3 Å². The zero-order chi connectivity index (χ0) is 18.5. The van der Waals surface area contributed by atoms with Crippen LogP contribution in [-0.2, 0) is 17.5 Å². The number of hydrogen-bond acceptors (Lipinski definition) is 3. The molecule has 0 bridgehead atoms. The van der Waals surface area contributed by atoms with E-state index in [2.05, 4.69) is 36.5 Å². The third-order valence-electron chi connectivity index (χ3n) is 5.01. The van der Waals surface area contributed by atoms with Crippen LogP contribution >= 0.6 is 8.03 Å². The van der Waals surface area contributed by atoms with Crippen molar-refractivity contribution in [3.05, 3.63) is 35.4 Å². The maximum atomic E-state index is 11.6. The van der Waals surface area contributed by atoms with Crippen molar-refractivity contribution in [3.8, 4) is 0 Å².